The van der Waals surface area contributed by atoms with Gasteiger partial charge in [-0.05, 0) is 48.9 Å². The van der Waals surface area contributed by atoms with Crippen molar-refractivity contribution in [1.29, 1.82) is 0 Å². The second-order valence-electron chi connectivity index (χ2n) is 13.4. The van der Waals surface area contributed by atoms with Gasteiger partial charge >= 0.3 is 0 Å². The highest BCUT2D eigenvalue weighted by Crippen LogP contribution is 2.34. The molecule has 4 aromatic rings. The van der Waals surface area contributed by atoms with Crippen molar-refractivity contribution in [2.24, 2.45) is 0 Å². The Labute approximate surface area is 285 Å². The lowest BCUT2D eigenvalue weighted by atomic mass is 9.88. The maximum atomic E-state index is 11.2. The fourth-order valence-corrected chi connectivity index (χ4v) is 6.78. The summed E-state index contributed by atoms with van der Waals surface area (Å²) < 4.78 is 33.5. The van der Waals surface area contributed by atoms with Gasteiger partial charge in [0.15, 0.2) is 5.79 Å². The zero-order valence-corrected chi connectivity index (χ0v) is 28.1. The van der Waals surface area contributed by atoms with Crippen LogP contribution in [0.5, 0.6) is 0 Å². The number of hydrogen-bond acceptors (Lipinski definition) is 7. The molecule has 2 aliphatic heterocycles. The van der Waals surface area contributed by atoms with Crippen molar-refractivity contribution in [3.8, 4) is 0 Å². The largest absolute Gasteiger partial charge is 0.393 e. The first-order valence-corrected chi connectivity index (χ1v) is 17.2. The predicted molar refractivity (Wildman–Crippen MR) is 186 cm³/mol. The van der Waals surface area contributed by atoms with Gasteiger partial charge in [-0.1, -0.05) is 121 Å². The molecule has 0 aromatic heterocycles. The highest BCUT2D eigenvalue weighted by Gasteiger charge is 2.48. The molecule has 0 radical (unpaired) electrons. The maximum absolute atomic E-state index is 11.2. The lowest BCUT2D eigenvalue weighted by Gasteiger charge is -2.46. The molecule has 2 saturated heterocycles. The molecule has 7 nitrogen and oxygen atoms in total. The molecular weight excluding hydrogens is 602 g/mol. The number of ether oxygens (including phenoxy) is 5. The van der Waals surface area contributed by atoms with E-state index in [0.717, 1.165) is 29.8 Å². The van der Waals surface area contributed by atoms with Gasteiger partial charge in [-0.2, -0.15) is 0 Å². The Bertz CT molecular complexity index is 1490. The third kappa shape index (κ3) is 9.61. The summed E-state index contributed by atoms with van der Waals surface area (Å²) in [6.45, 7) is 6.85. The monoisotopic (exact) mass is 651 g/mol. The molecule has 4 aromatic carbocycles. The molecular formula is C41H49NO6. The average molecular weight is 652 g/mol. The Balaban J connectivity index is 1.39. The van der Waals surface area contributed by atoms with Crippen molar-refractivity contribution in [1.82, 2.24) is 4.90 Å². The van der Waals surface area contributed by atoms with Crippen LogP contribution in [0.15, 0.2) is 121 Å². The number of nitrogens with zero attached hydrogens (tertiary/aromatic N) is 1. The molecule has 48 heavy (non-hydrogen) atoms. The fourth-order valence-electron chi connectivity index (χ4n) is 6.78. The molecule has 2 heterocycles. The number of likely N-dealkylation sites (tertiary alicyclic amines) is 1. The van der Waals surface area contributed by atoms with E-state index in [0.29, 0.717) is 39.3 Å². The van der Waals surface area contributed by atoms with Crippen LogP contribution in [0, 0.1) is 0 Å². The van der Waals surface area contributed by atoms with Crippen LogP contribution >= 0.6 is 0 Å². The third-order valence-corrected chi connectivity index (χ3v) is 9.24. The molecule has 0 amide bonds. The Morgan fingerprint density at radius 2 is 1.17 bits per heavy atom. The zero-order valence-electron chi connectivity index (χ0n) is 28.1. The van der Waals surface area contributed by atoms with Crippen molar-refractivity contribution < 1.29 is 28.8 Å². The average Bonchev–Trinajstić information content (AvgIpc) is 3.48. The number of hydrogen-bond donors (Lipinski definition) is 1. The number of aliphatic hydroxyl groups excluding tert-OH is 1. The van der Waals surface area contributed by atoms with Gasteiger partial charge < -0.3 is 28.8 Å². The molecule has 7 heteroatoms. The summed E-state index contributed by atoms with van der Waals surface area (Å²) in [7, 11) is 0. The number of rotatable bonds is 15. The fraction of sp³-hybridized carbons (Fsp3) is 0.415. The summed E-state index contributed by atoms with van der Waals surface area (Å²) in [5, 5.41) is 11.2. The smallest absolute Gasteiger partial charge is 0.163 e. The minimum atomic E-state index is -0.760. The van der Waals surface area contributed by atoms with Crippen molar-refractivity contribution in [2.45, 2.75) is 95.4 Å². The molecule has 0 saturated carbocycles. The predicted octanol–water partition coefficient (Wildman–Crippen LogP) is 6.92. The summed E-state index contributed by atoms with van der Waals surface area (Å²) in [6.07, 6.45) is -1.16. The van der Waals surface area contributed by atoms with Crippen LogP contribution in [-0.2, 0) is 50.0 Å². The minimum absolute atomic E-state index is 0.156. The highest BCUT2D eigenvalue weighted by atomic mass is 16.8. The molecule has 0 aliphatic carbocycles. The lowest BCUT2D eigenvalue weighted by molar-refractivity contribution is -0.213. The van der Waals surface area contributed by atoms with Crippen molar-refractivity contribution in [3.05, 3.63) is 144 Å². The Hall–Kier alpha value is -3.40. The minimum Gasteiger partial charge on any atom is -0.393 e. The van der Waals surface area contributed by atoms with E-state index < -0.39 is 36.3 Å². The van der Waals surface area contributed by atoms with Crippen LogP contribution in [0.3, 0.4) is 0 Å². The number of piperidine rings is 1. The van der Waals surface area contributed by atoms with Crippen molar-refractivity contribution in [3.63, 3.8) is 0 Å². The molecule has 1 N–H and O–H groups in total. The molecule has 6 atom stereocenters. The van der Waals surface area contributed by atoms with E-state index in [1.807, 2.05) is 74.5 Å². The molecule has 2 fully saturated rings. The second-order valence-corrected chi connectivity index (χ2v) is 13.4. The lowest BCUT2D eigenvalue weighted by Crippen LogP contribution is -2.59. The van der Waals surface area contributed by atoms with Crippen LogP contribution in [-0.4, -0.2) is 65.5 Å². The van der Waals surface area contributed by atoms with Crippen molar-refractivity contribution in [2.75, 3.05) is 13.2 Å². The maximum Gasteiger partial charge on any atom is 0.163 e. The van der Waals surface area contributed by atoms with Gasteiger partial charge in [0.1, 0.15) is 24.4 Å². The molecule has 0 bridgehead atoms. The highest BCUT2D eigenvalue weighted by molar-refractivity contribution is 5.17. The summed E-state index contributed by atoms with van der Waals surface area (Å²) >= 11 is 0. The first-order valence-electron chi connectivity index (χ1n) is 17.2. The molecule has 254 valence electrons. The summed E-state index contributed by atoms with van der Waals surface area (Å²) in [5.74, 6) is -0.760. The number of benzene rings is 4. The van der Waals surface area contributed by atoms with Gasteiger partial charge in [-0.3, -0.25) is 4.90 Å². The molecule has 0 unspecified atom stereocenters. The SMILES string of the molecule is CC1(C)OC[C@H]([C@@H](OCc2ccccc2)[C@H](OCc2ccccc2)[C@H](OCc2ccccc2)[C@@H]2C[C@H](O)CCN2Cc2ccccc2)O1. The summed E-state index contributed by atoms with van der Waals surface area (Å²) in [5.41, 5.74) is 4.40. The normalized spacial score (nSPS) is 23.0. The summed E-state index contributed by atoms with van der Waals surface area (Å²) in [6, 6.07) is 40.9. The van der Waals surface area contributed by atoms with E-state index in [4.69, 9.17) is 23.7 Å². The quantitative estimate of drug-likeness (QED) is 0.150. The van der Waals surface area contributed by atoms with Crippen LogP contribution < -0.4 is 0 Å². The Morgan fingerprint density at radius 3 is 1.67 bits per heavy atom. The van der Waals surface area contributed by atoms with E-state index in [-0.39, 0.29) is 6.04 Å². The van der Waals surface area contributed by atoms with Crippen LogP contribution in [0.1, 0.15) is 48.9 Å². The van der Waals surface area contributed by atoms with Gasteiger partial charge in [-0.25, -0.2) is 0 Å². The molecule has 6 rings (SSSR count). The van der Waals surface area contributed by atoms with Gasteiger partial charge in [0.25, 0.3) is 0 Å². The summed E-state index contributed by atoms with van der Waals surface area (Å²) in [4.78, 5) is 2.45. The van der Waals surface area contributed by atoms with E-state index in [1.54, 1.807) is 0 Å². The van der Waals surface area contributed by atoms with E-state index in [2.05, 4.69) is 65.6 Å². The van der Waals surface area contributed by atoms with E-state index in [1.165, 1.54) is 5.56 Å². The topological polar surface area (TPSA) is 69.6 Å². The van der Waals surface area contributed by atoms with Crippen LogP contribution in [0.2, 0.25) is 0 Å². The Kier molecular flexibility index (Phi) is 12.1. The van der Waals surface area contributed by atoms with E-state index in [9.17, 15) is 5.11 Å². The second kappa shape index (κ2) is 16.8. The zero-order chi connectivity index (χ0) is 33.2. The first kappa shape index (κ1) is 34.5. The van der Waals surface area contributed by atoms with Gasteiger partial charge in [0.2, 0.25) is 0 Å². The van der Waals surface area contributed by atoms with Crippen LogP contribution in [0.25, 0.3) is 0 Å². The molecule has 2 aliphatic rings. The first-order chi connectivity index (χ1) is 23.4. The number of aliphatic hydroxyl groups is 1. The van der Waals surface area contributed by atoms with E-state index >= 15 is 0 Å². The van der Waals surface area contributed by atoms with Gasteiger partial charge in [0, 0.05) is 19.1 Å². The van der Waals surface area contributed by atoms with Gasteiger partial charge in [-0.15, -0.1) is 0 Å². The Morgan fingerprint density at radius 1 is 0.688 bits per heavy atom. The standard InChI is InChI=1S/C41H49NO6/c1-41(2)47-30-37(48-41)39(45-28-33-19-11-5-12-20-33)40(46-29-34-21-13-6-14-22-34)38(44-27-32-17-9-4-10-18-32)36-25-35(43)23-24-42(36)26-31-15-7-3-8-16-31/h3-22,35-40,43H,23-30H2,1-2H3/t35-,36+,37-,38-,39-,40-/m1/s1. The van der Waals surface area contributed by atoms with Crippen molar-refractivity contribution >= 4 is 0 Å². The van der Waals surface area contributed by atoms with Gasteiger partial charge in [0.05, 0.1) is 32.5 Å². The molecule has 0 spiro atoms. The third-order valence-electron chi connectivity index (χ3n) is 9.24. The van der Waals surface area contributed by atoms with Crippen LogP contribution in [0.4, 0.5) is 0 Å².